The summed E-state index contributed by atoms with van der Waals surface area (Å²) in [5, 5.41) is 8.99. The molecule has 0 aromatic rings. The lowest BCUT2D eigenvalue weighted by Gasteiger charge is -2.32. The quantitative estimate of drug-likeness (QED) is 0.148. The van der Waals surface area contributed by atoms with E-state index < -0.39 is 0 Å². The van der Waals surface area contributed by atoms with Crippen molar-refractivity contribution in [1.29, 1.82) is 0 Å². The fourth-order valence-electron chi connectivity index (χ4n) is 4.65. The van der Waals surface area contributed by atoms with Crippen LogP contribution in [-0.4, -0.2) is 35.7 Å². The van der Waals surface area contributed by atoms with Crippen LogP contribution in [0.25, 0.3) is 0 Å². The topological polar surface area (TPSA) is 23.5 Å². The Morgan fingerprint density at radius 2 is 0.833 bits per heavy atom. The van der Waals surface area contributed by atoms with Gasteiger partial charge in [0.1, 0.15) is 0 Å². The maximum atomic E-state index is 8.99. The minimum absolute atomic E-state index is 0.365. The van der Waals surface area contributed by atoms with Gasteiger partial charge in [-0.3, -0.25) is 0 Å². The number of unbranched alkanes of at least 4 members (excludes halogenated alkanes) is 15. The molecule has 0 saturated carbocycles. The van der Waals surface area contributed by atoms with E-state index in [1.165, 1.54) is 142 Å². The fourth-order valence-corrected chi connectivity index (χ4v) is 4.65. The van der Waals surface area contributed by atoms with Crippen molar-refractivity contribution in [3.63, 3.8) is 0 Å². The van der Waals surface area contributed by atoms with Crippen molar-refractivity contribution in [2.45, 2.75) is 162 Å². The van der Waals surface area contributed by atoms with Crippen molar-refractivity contribution < 1.29 is 5.11 Å². The van der Waals surface area contributed by atoms with E-state index in [1.54, 1.807) is 0 Å². The summed E-state index contributed by atoms with van der Waals surface area (Å²) in [5.41, 5.74) is 0. The summed E-state index contributed by atoms with van der Waals surface area (Å²) in [6.07, 6.45) is 28.6. The summed E-state index contributed by atoms with van der Waals surface area (Å²) in [5.74, 6) is 0. The summed E-state index contributed by atoms with van der Waals surface area (Å²) in [4.78, 5) is 2.91. The number of hydrogen-bond donors (Lipinski definition) is 1. The molecule has 0 fully saturated rings. The molecule has 182 valence electrons. The second-order valence-corrected chi connectivity index (χ2v) is 9.65. The van der Waals surface area contributed by atoms with Gasteiger partial charge >= 0.3 is 0 Å². The van der Waals surface area contributed by atoms with Gasteiger partial charge < -0.3 is 10.0 Å². The maximum absolute atomic E-state index is 8.99. The van der Waals surface area contributed by atoms with E-state index in [-0.39, 0.29) is 0 Å². The highest BCUT2D eigenvalue weighted by Gasteiger charge is 2.17. The molecule has 2 nitrogen and oxygen atoms in total. The van der Waals surface area contributed by atoms with Gasteiger partial charge in [0.05, 0.1) is 0 Å². The Morgan fingerprint density at radius 3 is 1.30 bits per heavy atom. The molecule has 0 spiro atoms. The Bertz CT molecular complexity index is 293. The van der Waals surface area contributed by atoms with Gasteiger partial charge in [-0.1, -0.05) is 124 Å². The number of aliphatic hydroxyl groups is 1. The molecule has 1 atom stereocenters. The zero-order valence-corrected chi connectivity index (χ0v) is 21.4. The second kappa shape index (κ2) is 25.2. The predicted molar refractivity (Wildman–Crippen MR) is 136 cm³/mol. The molecule has 0 amide bonds. The van der Waals surface area contributed by atoms with E-state index in [1.807, 2.05) is 0 Å². The largest absolute Gasteiger partial charge is 0.396 e. The van der Waals surface area contributed by atoms with Crippen LogP contribution in [0.2, 0.25) is 0 Å². The van der Waals surface area contributed by atoms with Crippen LogP contribution in [0, 0.1) is 0 Å². The number of aliphatic hydroxyl groups excluding tert-OH is 1. The molecule has 0 heterocycles. The van der Waals surface area contributed by atoms with Crippen molar-refractivity contribution in [1.82, 2.24) is 4.90 Å². The SMILES string of the molecule is CCCCCCCN(CCCCCCC)C(CCCCCC)CCCCCCCO. The van der Waals surface area contributed by atoms with Gasteiger partial charge in [0.15, 0.2) is 0 Å². The summed E-state index contributed by atoms with van der Waals surface area (Å²) < 4.78 is 0. The number of rotatable bonds is 25. The number of nitrogens with zero attached hydrogens (tertiary/aromatic N) is 1. The third-order valence-corrected chi connectivity index (χ3v) is 6.70. The molecule has 0 aliphatic carbocycles. The van der Waals surface area contributed by atoms with Gasteiger partial charge in [-0.25, -0.2) is 0 Å². The standard InChI is InChI=1S/C28H59NO/c1-4-7-10-15-20-25-29(26-21-16-11-8-5-2)28(23-18-12-9-6-3)24-19-14-13-17-22-27-30/h28,30H,4-27H2,1-3H3. The van der Waals surface area contributed by atoms with Gasteiger partial charge in [-0.2, -0.15) is 0 Å². The third-order valence-electron chi connectivity index (χ3n) is 6.70. The Labute approximate surface area is 191 Å². The summed E-state index contributed by atoms with van der Waals surface area (Å²) in [6.45, 7) is 9.98. The van der Waals surface area contributed by atoms with E-state index in [2.05, 4.69) is 25.7 Å². The van der Waals surface area contributed by atoms with Crippen LogP contribution in [-0.2, 0) is 0 Å². The smallest absolute Gasteiger partial charge is 0.0431 e. The van der Waals surface area contributed by atoms with Crippen LogP contribution >= 0.6 is 0 Å². The molecular formula is C28H59NO. The molecule has 2 heteroatoms. The highest BCUT2D eigenvalue weighted by atomic mass is 16.2. The normalized spacial score (nSPS) is 12.7. The van der Waals surface area contributed by atoms with Crippen molar-refractivity contribution in [3.8, 4) is 0 Å². The first kappa shape index (κ1) is 29.9. The van der Waals surface area contributed by atoms with E-state index >= 15 is 0 Å². The summed E-state index contributed by atoms with van der Waals surface area (Å²) in [6, 6.07) is 0.817. The molecule has 0 aromatic carbocycles. The average Bonchev–Trinajstić information content (AvgIpc) is 2.76. The molecular weight excluding hydrogens is 366 g/mol. The Kier molecular flexibility index (Phi) is 25.1. The fraction of sp³-hybridized carbons (Fsp3) is 1.00. The number of hydrogen-bond acceptors (Lipinski definition) is 2. The maximum Gasteiger partial charge on any atom is 0.0431 e. The Hall–Kier alpha value is -0.0800. The van der Waals surface area contributed by atoms with Gasteiger partial charge in [0, 0.05) is 12.6 Å². The Balaban J connectivity index is 4.57. The molecule has 0 aliphatic rings. The first-order valence-electron chi connectivity index (χ1n) is 14.1. The van der Waals surface area contributed by atoms with Crippen LogP contribution in [0.3, 0.4) is 0 Å². The van der Waals surface area contributed by atoms with Gasteiger partial charge in [-0.15, -0.1) is 0 Å². The van der Waals surface area contributed by atoms with Crippen LogP contribution in [0.4, 0.5) is 0 Å². The minimum atomic E-state index is 0.365. The van der Waals surface area contributed by atoms with E-state index in [0.717, 1.165) is 12.5 Å². The van der Waals surface area contributed by atoms with Crippen LogP contribution in [0.15, 0.2) is 0 Å². The van der Waals surface area contributed by atoms with E-state index in [0.29, 0.717) is 6.61 Å². The van der Waals surface area contributed by atoms with Crippen molar-refractivity contribution in [3.05, 3.63) is 0 Å². The van der Waals surface area contributed by atoms with E-state index in [4.69, 9.17) is 5.11 Å². The van der Waals surface area contributed by atoms with Crippen molar-refractivity contribution >= 4 is 0 Å². The molecule has 0 aliphatic heterocycles. The van der Waals surface area contributed by atoms with Gasteiger partial charge in [0.2, 0.25) is 0 Å². The zero-order chi connectivity index (χ0) is 22.1. The van der Waals surface area contributed by atoms with Gasteiger partial charge in [0.25, 0.3) is 0 Å². The highest BCUT2D eigenvalue weighted by Crippen LogP contribution is 2.20. The summed E-state index contributed by atoms with van der Waals surface area (Å²) >= 11 is 0. The zero-order valence-electron chi connectivity index (χ0n) is 21.4. The molecule has 1 N–H and O–H groups in total. The van der Waals surface area contributed by atoms with Crippen LogP contribution < -0.4 is 0 Å². The summed E-state index contributed by atoms with van der Waals surface area (Å²) in [7, 11) is 0. The first-order chi connectivity index (χ1) is 14.8. The first-order valence-corrected chi connectivity index (χ1v) is 14.1. The lowest BCUT2D eigenvalue weighted by molar-refractivity contribution is 0.163. The monoisotopic (exact) mass is 425 g/mol. The average molecular weight is 426 g/mol. The van der Waals surface area contributed by atoms with Crippen molar-refractivity contribution in [2.75, 3.05) is 19.7 Å². The molecule has 0 rings (SSSR count). The van der Waals surface area contributed by atoms with Crippen LogP contribution in [0.1, 0.15) is 156 Å². The molecule has 0 bridgehead atoms. The van der Waals surface area contributed by atoms with Crippen molar-refractivity contribution in [2.24, 2.45) is 0 Å². The lowest BCUT2D eigenvalue weighted by atomic mass is 9.98. The lowest BCUT2D eigenvalue weighted by Crippen LogP contribution is -2.37. The highest BCUT2D eigenvalue weighted by molar-refractivity contribution is 4.73. The minimum Gasteiger partial charge on any atom is -0.396 e. The molecule has 1 unspecified atom stereocenters. The molecule has 0 saturated heterocycles. The predicted octanol–water partition coefficient (Wildman–Crippen LogP) is 8.90. The molecule has 0 radical (unpaired) electrons. The van der Waals surface area contributed by atoms with E-state index in [9.17, 15) is 0 Å². The van der Waals surface area contributed by atoms with Gasteiger partial charge in [-0.05, 0) is 45.2 Å². The van der Waals surface area contributed by atoms with Crippen LogP contribution in [0.5, 0.6) is 0 Å². The molecule has 0 aromatic heterocycles. The third kappa shape index (κ3) is 19.9. The molecule has 30 heavy (non-hydrogen) atoms. The second-order valence-electron chi connectivity index (χ2n) is 9.65. The Morgan fingerprint density at radius 1 is 0.467 bits per heavy atom.